The van der Waals surface area contributed by atoms with Gasteiger partial charge < -0.3 is 25.0 Å². The van der Waals surface area contributed by atoms with Crippen LogP contribution < -0.4 is 10.6 Å². The molecule has 2 aromatic heterocycles. The number of nitrogens with zero attached hydrogens (tertiary/aromatic N) is 4. The number of hydrogen-bond donors (Lipinski definition) is 3. The number of carboxylic acid groups (broad SMARTS) is 1. The van der Waals surface area contributed by atoms with Crippen LogP contribution in [-0.4, -0.2) is 68.8 Å². The highest BCUT2D eigenvalue weighted by molar-refractivity contribution is 5.92. The smallest absolute Gasteiger partial charge is 0.290 e. The third-order valence-corrected chi connectivity index (χ3v) is 4.80. The molecule has 2 heterocycles. The summed E-state index contributed by atoms with van der Waals surface area (Å²) in [6.45, 7) is 3.43. The van der Waals surface area contributed by atoms with Crippen molar-refractivity contribution in [2.24, 2.45) is 5.92 Å². The average Bonchev–Trinajstić information content (AvgIpc) is 3.48. The lowest BCUT2D eigenvalue weighted by Gasteiger charge is -2.35. The SMILES string of the molecule is CCCO[C@H]1C[C@@H](C(=O)NCCn2ccnn2)CC[C@@H]1NC(=O)c1ccon1.O=CO. The molecule has 1 saturated carbocycles. The average molecular weight is 436 g/mol. The molecule has 170 valence electrons. The second-order valence-electron chi connectivity index (χ2n) is 6.95. The molecule has 2 aromatic rings. The Kier molecular flexibility index (Phi) is 10.1. The topological polar surface area (TPSA) is 161 Å². The quantitative estimate of drug-likeness (QED) is 0.475. The zero-order valence-electron chi connectivity index (χ0n) is 17.3. The summed E-state index contributed by atoms with van der Waals surface area (Å²) in [6.07, 6.45) is 7.30. The zero-order chi connectivity index (χ0) is 22.5. The summed E-state index contributed by atoms with van der Waals surface area (Å²) in [6, 6.07) is 1.36. The molecule has 3 atom stereocenters. The van der Waals surface area contributed by atoms with Gasteiger partial charge in [0.05, 0.1) is 24.9 Å². The van der Waals surface area contributed by atoms with E-state index in [9.17, 15) is 9.59 Å². The van der Waals surface area contributed by atoms with Gasteiger partial charge in [0.1, 0.15) is 6.26 Å². The van der Waals surface area contributed by atoms with Crippen molar-refractivity contribution in [1.82, 2.24) is 30.8 Å². The Labute approximate surface area is 179 Å². The maximum Gasteiger partial charge on any atom is 0.290 e. The first-order chi connectivity index (χ1) is 15.1. The molecule has 12 nitrogen and oxygen atoms in total. The number of ether oxygens (including phenoxy) is 1. The van der Waals surface area contributed by atoms with Crippen LogP contribution in [0.4, 0.5) is 0 Å². The van der Waals surface area contributed by atoms with E-state index in [0.29, 0.717) is 39.0 Å². The van der Waals surface area contributed by atoms with Crippen molar-refractivity contribution >= 4 is 18.3 Å². The lowest BCUT2D eigenvalue weighted by Crippen LogP contribution is -2.50. The van der Waals surface area contributed by atoms with Gasteiger partial charge in [-0.15, -0.1) is 5.10 Å². The third-order valence-electron chi connectivity index (χ3n) is 4.80. The highest BCUT2D eigenvalue weighted by Crippen LogP contribution is 2.27. The molecule has 0 spiro atoms. The largest absolute Gasteiger partial charge is 0.483 e. The first-order valence-corrected chi connectivity index (χ1v) is 10.1. The van der Waals surface area contributed by atoms with Crippen LogP contribution in [0.1, 0.15) is 43.1 Å². The highest BCUT2D eigenvalue weighted by Gasteiger charge is 2.35. The molecule has 0 radical (unpaired) electrons. The Hall–Kier alpha value is -3.28. The molecule has 31 heavy (non-hydrogen) atoms. The van der Waals surface area contributed by atoms with E-state index in [2.05, 4.69) is 26.1 Å². The highest BCUT2D eigenvalue weighted by atomic mass is 16.5. The van der Waals surface area contributed by atoms with E-state index < -0.39 is 0 Å². The maximum absolute atomic E-state index is 12.5. The van der Waals surface area contributed by atoms with E-state index in [0.717, 1.165) is 6.42 Å². The van der Waals surface area contributed by atoms with E-state index in [1.807, 2.05) is 6.92 Å². The number of aromatic nitrogens is 4. The van der Waals surface area contributed by atoms with Crippen LogP contribution >= 0.6 is 0 Å². The molecule has 0 unspecified atom stereocenters. The molecular weight excluding hydrogens is 408 g/mol. The summed E-state index contributed by atoms with van der Waals surface area (Å²) in [4.78, 5) is 33.2. The molecular formula is C19H28N6O6. The van der Waals surface area contributed by atoms with Gasteiger partial charge in [-0.1, -0.05) is 17.3 Å². The fourth-order valence-corrected chi connectivity index (χ4v) is 3.35. The summed E-state index contributed by atoms with van der Waals surface area (Å²) in [5.41, 5.74) is 0.238. The predicted molar refractivity (Wildman–Crippen MR) is 107 cm³/mol. The summed E-state index contributed by atoms with van der Waals surface area (Å²) in [5.74, 6) is -0.427. The fourth-order valence-electron chi connectivity index (χ4n) is 3.35. The van der Waals surface area contributed by atoms with E-state index in [1.54, 1.807) is 17.1 Å². The van der Waals surface area contributed by atoms with E-state index >= 15 is 0 Å². The van der Waals surface area contributed by atoms with Crippen molar-refractivity contribution in [3.8, 4) is 0 Å². The summed E-state index contributed by atoms with van der Waals surface area (Å²) < 4.78 is 12.3. The van der Waals surface area contributed by atoms with E-state index in [4.69, 9.17) is 19.2 Å². The molecule has 1 aliphatic rings. The summed E-state index contributed by atoms with van der Waals surface area (Å²) in [5, 5.41) is 24.1. The Bertz CT molecular complexity index is 782. The number of carbonyl (C=O) groups is 3. The van der Waals surface area contributed by atoms with Crippen molar-refractivity contribution < 1.29 is 28.8 Å². The van der Waals surface area contributed by atoms with Gasteiger partial charge in [-0.25, -0.2) is 0 Å². The number of carbonyl (C=O) groups excluding carboxylic acids is 2. The molecule has 0 saturated heterocycles. The van der Waals surface area contributed by atoms with Crippen LogP contribution in [0.25, 0.3) is 0 Å². The Balaban J connectivity index is 0.00000107. The fraction of sp³-hybridized carbons (Fsp3) is 0.579. The predicted octanol–water partition coefficient (Wildman–Crippen LogP) is 0.477. The molecule has 0 aliphatic heterocycles. The van der Waals surface area contributed by atoms with Crippen molar-refractivity contribution in [1.29, 1.82) is 0 Å². The summed E-state index contributed by atoms with van der Waals surface area (Å²) in [7, 11) is 0. The van der Waals surface area contributed by atoms with E-state index in [1.165, 1.54) is 12.3 Å². The zero-order valence-corrected chi connectivity index (χ0v) is 17.3. The van der Waals surface area contributed by atoms with Gasteiger partial charge in [0.25, 0.3) is 12.4 Å². The standard InChI is InChI=1S/C18H26N6O4.CH2O2/c1-2-10-27-16-12-13(17(25)19-6-8-24-9-7-20-23-24)3-4-14(16)21-18(26)15-5-11-28-22-15;2-1-3/h5,7,9,11,13-14,16H,2-4,6,8,10,12H2,1H3,(H,19,25)(H,21,26);1H,(H,2,3)/t13-,14-,16-;/m0./s1. The van der Waals surface area contributed by atoms with Crippen molar-refractivity contribution in [3.05, 3.63) is 30.4 Å². The van der Waals surface area contributed by atoms with Crippen LogP contribution in [0.5, 0.6) is 0 Å². The third kappa shape index (κ3) is 7.81. The maximum atomic E-state index is 12.5. The Morgan fingerprint density at radius 1 is 1.42 bits per heavy atom. The van der Waals surface area contributed by atoms with Gasteiger partial charge in [0.2, 0.25) is 5.91 Å². The molecule has 0 aromatic carbocycles. The van der Waals surface area contributed by atoms with Gasteiger partial charge in [0.15, 0.2) is 5.69 Å². The normalized spacial score (nSPS) is 20.2. The van der Waals surface area contributed by atoms with Gasteiger partial charge >= 0.3 is 0 Å². The first kappa shape index (κ1) is 24.0. The van der Waals surface area contributed by atoms with E-state index in [-0.39, 0.29) is 42.0 Å². The van der Waals surface area contributed by atoms with Crippen LogP contribution in [0.3, 0.4) is 0 Å². The Morgan fingerprint density at radius 3 is 2.87 bits per heavy atom. The number of hydrogen-bond acceptors (Lipinski definition) is 8. The van der Waals surface area contributed by atoms with Crippen LogP contribution in [0.15, 0.2) is 29.2 Å². The van der Waals surface area contributed by atoms with Gasteiger partial charge in [0, 0.05) is 31.3 Å². The molecule has 2 amide bonds. The number of nitrogens with one attached hydrogen (secondary N) is 2. The Morgan fingerprint density at radius 2 is 2.23 bits per heavy atom. The molecule has 3 rings (SSSR count). The molecule has 0 bridgehead atoms. The van der Waals surface area contributed by atoms with Crippen LogP contribution in [-0.2, 0) is 20.9 Å². The minimum Gasteiger partial charge on any atom is -0.483 e. The molecule has 1 fully saturated rings. The second-order valence-corrected chi connectivity index (χ2v) is 6.95. The number of amides is 2. The molecule has 1 aliphatic carbocycles. The van der Waals surface area contributed by atoms with Crippen molar-refractivity contribution in [2.75, 3.05) is 13.2 Å². The minimum absolute atomic E-state index is 0.00601. The van der Waals surface area contributed by atoms with Gasteiger partial charge in [-0.3, -0.25) is 19.1 Å². The lowest BCUT2D eigenvalue weighted by molar-refractivity contribution is -0.128. The first-order valence-electron chi connectivity index (χ1n) is 10.1. The second kappa shape index (κ2) is 13.1. The number of rotatable bonds is 9. The van der Waals surface area contributed by atoms with Crippen molar-refractivity contribution in [2.45, 2.75) is 51.3 Å². The lowest BCUT2D eigenvalue weighted by atomic mass is 9.83. The van der Waals surface area contributed by atoms with Gasteiger partial charge in [-0.2, -0.15) is 0 Å². The van der Waals surface area contributed by atoms with Crippen LogP contribution in [0.2, 0.25) is 0 Å². The monoisotopic (exact) mass is 436 g/mol. The molecule has 12 heteroatoms. The van der Waals surface area contributed by atoms with Crippen LogP contribution in [0, 0.1) is 5.92 Å². The van der Waals surface area contributed by atoms with Crippen molar-refractivity contribution in [3.63, 3.8) is 0 Å². The van der Waals surface area contributed by atoms with Gasteiger partial charge in [-0.05, 0) is 25.7 Å². The summed E-state index contributed by atoms with van der Waals surface area (Å²) >= 11 is 0. The molecule has 3 N–H and O–H groups in total. The minimum atomic E-state index is -0.292.